The molecule has 0 aliphatic carbocycles. The highest BCUT2D eigenvalue weighted by atomic mass is 32.1. The Hall–Kier alpha value is -2.25. The van der Waals surface area contributed by atoms with E-state index in [9.17, 15) is 4.79 Å². The summed E-state index contributed by atoms with van der Waals surface area (Å²) in [6.45, 7) is 7.70. The number of rotatable bonds is 8. The molecule has 7 heteroatoms. The molecule has 0 aliphatic heterocycles. The lowest BCUT2D eigenvalue weighted by Gasteiger charge is -2.17. The van der Waals surface area contributed by atoms with Crippen LogP contribution >= 0.6 is 11.3 Å². The Bertz CT molecular complexity index is 823. The number of amides is 1. The van der Waals surface area contributed by atoms with Crippen molar-refractivity contribution in [3.63, 3.8) is 0 Å². The lowest BCUT2D eigenvalue weighted by molar-refractivity contribution is 0.0955. The van der Waals surface area contributed by atoms with Crippen LogP contribution in [0.25, 0.3) is 5.65 Å². The highest BCUT2D eigenvalue weighted by molar-refractivity contribution is 7.09. The summed E-state index contributed by atoms with van der Waals surface area (Å²) in [6.07, 6.45) is 6.20. The van der Waals surface area contributed by atoms with E-state index in [1.54, 1.807) is 22.0 Å². The maximum Gasteiger partial charge on any atom is 0.256 e. The largest absolute Gasteiger partial charge is 0.352 e. The van der Waals surface area contributed by atoms with E-state index in [1.165, 1.54) is 4.88 Å². The Balaban J connectivity index is 1.66. The first-order valence-corrected chi connectivity index (χ1v) is 9.44. The van der Waals surface area contributed by atoms with E-state index in [0.717, 1.165) is 31.6 Å². The number of thiophene rings is 1. The standard InChI is InChI=1S/C18H23N5OS/c1-3-22(4-2)12-14-10-20-17-16(11-21-23(17)13-14)18(24)19-8-7-15-6-5-9-25-15/h5-6,9-11,13H,3-4,7-8,12H2,1-2H3,(H,19,24). The summed E-state index contributed by atoms with van der Waals surface area (Å²) in [5.41, 5.74) is 2.20. The van der Waals surface area contributed by atoms with Crippen LogP contribution in [0.15, 0.2) is 36.1 Å². The van der Waals surface area contributed by atoms with Gasteiger partial charge in [-0.3, -0.25) is 9.69 Å². The molecule has 1 amide bonds. The van der Waals surface area contributed by atoms with Gasteiger partial charge in [0.2, 0.25) is 0 Å². The fraction of sp³-hybridized carbons (Fsp3) is 0.389. The molecule has 0 spiro atoms. The van der Waals surface area contributed by atoms with Gasteiger partial charge in [-0.2, -0.15) is 5.10 Å². The van der Waals surface area contributed by atoms with Crippen molar-refractivity contribution in [3.8, 4) is 0 Å². The van der Waals surface area contributed by atoms with Crippen molar-refractivity contribution in [2.45, 2.75) is 26.8 Å². The van der Waals surface area contributed by atoms with Crippen LogP contribution in [0.3, 0.4) is 0 Å². The summed E-state index contributed by atoms with van der Waals surface area (Å²) < 4.78 is 1.69. The van der Waals surface area contributed by atoms with Crippen molar-refractivity contribution in [2.75, 3.05) is 19.6 Å². The minimum absolute atomic E-state index is 0.129. The minimum atomic E-state index is -0.129. The number of fused-ring (bicyclic) bond motifs is 1. The van der Waals surface area contributed by atoms with Gasteiger partial charge in [0, 0.05) is 35.9 Å². The first-order chi connectivity index (χ1) is 12.2. The Kier molecular flexibility index (Phi) is 5.78. The summed E-state index contributed by atoms with van der Waals surface area (Å²) >= 11 is 1.70. The fourth-order valence-corrected chi connectivity index (χ4v) is 3.42. The van der Waals surface area contributed by atoms with E-state index < -0.39 is 0 Å². The number of hydrogen-bond donors (Lipinski definition) is 1. The molecule has 132 valence electrons. The van der Waals surface area contributed by atoms with Gasteiger partial charge < -0.3 is 5.32 Å². The molecule has 0 unspecified atom stereocenters. The molecule has 25 heavy (non-hydrogen) atoms. The van der Waals surface area contributed by atoms with Crippen LogP contribution in [0.1, 0.15) is 34.6 Å². The number of aromatic nitrogens is 3. The fourth-order valence-electron chi connectivity index (χ4n) is 2.71. The van der Waals surface area contributed by atoms with Crippen LogP contribution in [0.2, 0.25) is 0 Å². The van der Waals surface area contributed by atoms with E-state index >= 15 is 0 Å². The van der Waals surface area contributed by atoms with Crippen molar-refractivity contribution in [3.05, 3.63) is 52.1 Å². The molecule has 3 rings (SSSR count). The first kappa shape index (κ1) is 17.6. The quantitative estimate of drug-likeness (QED) is 0.673. The Morgan fingerprint density at radius 2 is 2.16 bits per heavy atom. The number of nitrogens with zero attached hydrogens (tertiary/aromatic N) is 4. The van der Waals surface area contributed by atoms with Crippen molar-refractivity contribution < 1.29 is 4.79 Å². The topological polar surface area (TPSA) is 62.5 Å². The van der Waals surface area contributed by atoms with E-state index in [-0.39, 0.29) is 5.91 Å². The third-order valence-corrected chi connectivity index (χ3v) is 5.13. The molecule has 0 aromatic carbocycles. The molecule has 6 nitrogen and oxygen atoms in total. The van der Waals surface area contributed by atoms with Crippen LogP contribution in [-0.4, -0.2) is 45.0 Å². The molecule has 3 aromatic heterocycles. The van der Waals surface area contributed by atoms with Gasteiger partial charge in [-0.15, -0.1) is 11.3 Å². The molecule has 0 radical (unpaired) electrons. The molecule has 1 N–H and O–H groups in total. The van der Waals surface area contributed by atoms with Gasteiger partial charge in [-0.1, -0.05) is 19.9 Å². The second-order valence-electron chi connectivity index (χ2n) is 5.84. The highest BCUT2D eigenvalue weighted by Crippen LogP contribution is 2.11. The number of carbonyl (C=O) groups is 1. The van der Waals surface area contributed by atoms with Gasteiger partial charge in [0.05, 0.1) is 6.20 Å². The Morgan fingerprint density at radius 3 is 2.88 bits per heavy atom. The van der Waals surface area contributed by atoms with Gasteiger partial charge in [-0.25, -0.2) is 9.50 Å². The smallest absolute Gasteiger partial charge is 0.256 e. The molecular weight excluding hydrogens is 334 g/mol. The second-order valence-corrected chi connectivity index (χ2v) is 6.87. The van der Waals surface area contributed by atoms with Crippen molar-refractivity contribution in [2.24, 2.45) is 0 Å². The Morgan fingerprint density at radius 1 is 1.32 bits per heavy atom. The van der Waals surface area contributed by atoms with Crippen molar-refractivity contribution in [1.82, 2.24) is 24.8 Å². The normalized spacial score (nSPS) is 11.3. The molecular formula is C18H23N5OS. The lowest BCUT2D eigenvalue weighted by Crippen LogP contribution is -2.25. The average molecular weight is 357 g/mol. The zero-order valence-corrected chi connectivity index (χ0v) is 15.4. The average Bonchev–Trinajstić information content (AvgIpc) is 3.28. The van der Waals surface area contributed by atoms with Gasteiger partial charge in [0.25, 0.3) is 5.91 Å². The van der Waals surface area contributed by atoms with Crippen LogP contribution in [-0.2, 0) is 13.0 Å². The monoisotopic (exact) mass is 357 g/mol. The van der Waals surface area contributed by atoms with Gasteiger partial charge in [-0.05, 0) is 31.0 Å². The number of carbonyl (C=O) groups excluding carboxylic acids is 1. The highest BCUT2D eigenvalue weighted by Gasteiger charge is 2.14. The molecule has 0 fully saturated rings. The van der Waals surface area contributed by atoms with E-state index in [0.29, 0.717) is 17.8 Å². The molecule has 0 saturated carbocycles. The van der Waals surface area contributed by atoms with Crippen LogP contribution in [0, 0.1) is 0 Å². The van der Waals surface area contributed by atoms with Gasteiger partial charge in [0.15, 0.2) is 5.65 Å². The summed E-state index contributed by atoms with van der Waals surface area (Å²) in [5.74, 6) is -0.129. The molecule has 0 atom stereocenters. The summed E-state index contributed by atoms with van der Waals surface area (Å²) in [4.78, 5) is 20.4. The summed E-state index contributed by atoms with van der Waals surface area (Å²) in [7, 11) is 0. The van der Waals surface area contributed by atoms with Crippen LogP contribution < -0.4 is 5.32 Å². The van der Waals surface area contributed by atoms with E-state index in [4.69, 9.17) is 0 Å². The maximum absolute atomic E-state index is 12.4. The SMILES string of the molecule is CCN(CC)Cc1cnc2c(C(=O)NCCc3cccs3)cnn2c1. The predicted molar refractivity (Wildman–Crippen MR) is 100.0 cm³/mol. The first-order valence-electron chi connectivity index (χ1n) is 8.56. The van der Waals surface area contributed by atoms with Gasteiger partial charge >= 0.3 is 0 Å². The zero-order chi connectivity index (χ0) is 17.6. The minimum Gasteiger partial charge on any atom is -0.352 e. The zero-order valence-electron chi connectivity index (χ0n) is 14.6. The third-order valence-electron chi connectivity index (χ3n) is 4.19. The van der Waals surface area contributed by atoms with Crippen molar-refractivity contribution in [1.29, 1.82) is 0 Å². The molecule has 3 aromatic rings. The third kappa shape index (κ3) is 4.24. The maximum atomic E-state index is 12.4. The van der Waals surface area contributed by atoms with Crippen LogP contribution in [0.4, 0.5) is 0 Å². The number of nitrogens with one attached hydrogen (secondary N) is 1. The molecule has 0 aliphatic rings. The summed E-state index contributed by atoms with van der Waals surface area (Å²) in [5, 5.41) is 9.28. The van der Waals surface area contributed by atoms with E-state index in [1.807, 2.05) is 23.8 Å². The number of hydrogen-bond acceptors (Lipinski definition) is 5. The Labute approximate surface area is 151 Å². The van der Waals surface area contributed by atoms with Gasteiger partial charge in [0.1, 0.15) is 5.56 Å². The van der Waals surface area contributed by atoms with E-state index in [2.05, 4.69) is 40.2 Å². The predicted octanol–water partition coefficient (Wildman–Crippen LogP) is 2.61. The van der Waals surface area contributed by atoms with Crippen LogP contribution in [0.5, 0.6) is 0 Å². The molecule has 3 heterocycles. The summed E-state index contributed by atoms with van der Waals surface area (Å²) in [6, 6.07) is 4.10. The molecule has 0 saturated heterocycles. The lowest BCUT2D eigenvalue weighted by atomic mass is 10.2. The molecule has 0 bridgehead atoms. The van der Waals surface area contributed by atoms with Crippen molar-refractivity contribution >= 4 is 22.9 Å². The second kappa shape index (κ2) is 8.22.